The van der Waals surface area contributed by atoms with Crippen molar-refractivity contribution in [2.45, 2.75) is 18.8 Å². The minimum absolute atomic E-state index is 0.113. The number of anilines is 1. The first kappa shape index (κ1) is 17.5. The Bertz CT molecular complexity index is 1220. The molecule has 1 aliphatic rings. The van der Waals surface area contributed by atoms with Crippen molar-refractivity contribution in [3.8, 4) is 11.4 Å². The SMILES string of the molecule is Cn1c(N2CCC[C@H](c3noc4ccccc34)C2)nc(-c2ccncn2)cc1=O. The van der Waals surface area contributed by atoms with Crippen LogP contribution in [0, 0.1) is 0 Å². The van der Waals surface area contributed by atoms with Crippen LogP contribution < -0.4 is 10.5 Å². The molecule has 0 saturated carbocycles. The predicted molar refractivity (Wildman–Crippen MR) is 109 cm³/mol. The zero-order chi connectivity index (χ0) is 19.8. The molecule has 1 aliphatic heterocycles. The molecule has 3 aromatic heterocycles. The topological polar surface area (TPSA) is 89.9 Å². The van der Waals surface area contributed by atoms with Gasteiger partial charge in [-0.1, -0.05) is 17.3 Å². The van der Waals surface area contributed by atoms with Gasteiger partial charge in [0.2, 0.25) is 5.95 Å². The molecule has 5 rings (SSSR count). The molecular formula is C21H20N6O2. The molecule has 0 amide bonds. The summed E-state index contributed by atoms with van der Waals surface area (Å²) in [6.45, 7) is 1.56. The number of para-hydroxylation sites is 1. The highest BCUT2D eigenvalue weighted by Crippen LogP contribution is 2.33. The molecule has 8 nitrogen and oxygen atoms in total. The summed E-state index contributed by atoms with van der Waals surface area (Å²) in [6.07, 6.45) is 5.11. The molecule has 4 heterocycles. The molecule has 146 valence electrons. The lowest BCUT2D eigenvalue weighted by atomic mass is 9.93. The minimum Gasteiger partial charge on any atom is -0.356 e. The minimum atomic E-state index is -0.113. The van der Waals surface area contributed by atoms with Crippen LogP contribution in [0.1, 0.15) is 24.5 Å². The molecule has 0 radical (unpaired) electrons. The molecule has 8 heteroatoms. The van der Waals surface area contributed by atoms with Gasteiger partial charge in [0.1, 0.15) is 6.33 Å². The number of piperidine rings is 1. The van der Waals surface area contributed by atoms with Crippen LogP contribution in [0.5, 0.6) is 0 Å². The van der Waals surface area contributed by atoms with Crippen molar-refractivity contribution < 1.29 is 4.52 Å². The Morgan fingerprint density at radius 2 is 2.07 bits per heavy atom. The van der Waals surface area contributed by atoms with Crippen LogP contribution in [-0.2, 0) is 7.05 Å². The maximum atomic E-state index is 12.6. The van der Waals surface area contributed by atoms with E-state index in [1.807, 2.05) is 24.3 Å². The molecule has 1 aromatic carbocycles. The average molecular weight is 388 g/mol. The second kappa shape index (κ2) is 7.12. The zero-order valence-electron chi connectivity index (χ0n) is 16.0. The van der Waals surface area contributed by atoms with Crippen LogP contribution in [-0.4, -0.2) is 37.8 Å². The van der Waals surface area contributed by atoms with Gasteiger partial charge in [0.15, 0.2) is 5.58 Å². The normalized spacial score (nSPS) is 17.0. The Morgan fingerprint density at radius 3 is 2.93 bits per heavy atom. The number of rotatable bonds is 3. The number of nitrogens with zero attached hydrogens (tertiary/aromatic N) is 6. The maximum Gasteiger partial charge on any atom is 0.255 e. The highest BCUT2D eigenvalue weighted by atomic mass is 16.5. The lowest BCUT2D eigenvalue weighted by Crippen LogP contribution is -2.38. The van der Waals surface area contributed by atoms with Crippen molar-refractivity contribution in [1.29, 1.82) is 0 Å². The first-order valence-electron chi connectivity index (χ1n) is 9.64. The summed E-state index contributed by atoms with van der Waals surface area (Å²) in [5, 5.41) is 5.40. The summed E-state index contributed by atoms with van der Waals surface area (Å²) in [7, 11) is 1.75. The van der Waals surface area contributed by atoms with Crippen molar-refractivity contribution >= 4 is 16.9 Å². The molecule has 4 aromatic rings. The van der Waals surface area contributed by atoms with E-state index in [4.69, 9.17) is 9.51 Å². The number of benzene rings is 1. The highest BCUT2D eigenvalue weighted by Gasteiger charge is 2.28. The van der Waals surface area contributed by atoms with Gasteiger partial charge in [0.05, 0.1) is 17.1 Å². The summed E-state index contributed by atoms with van der Waals surface area (Å²) in [5.41, 5.74) is 2.85. The summed E-state index contributed by atoms with van der Waals surface area (Å²) < 4.78 is 7.10. The van der Waals surface area contributed by atoms with Crippen LogP contribution in [0.4, 0.5) is 5.95 Å². The van der Waals surface area contributed by atoms with Crippen molar-refractivity contribution in [2.75, 3.05) is 18.0 Å². The van der Waals surface area contributed by atoms with Crippen LogP contribution in [0.15, 0.2) is 58.2 Å². The van der Waals surface area contributed by atoms with E-state index in [0.29, 0.717) is 17.3 Å². The molecular weight excluding hydrogens is 368 g/mol. The predicted octanol–water partition coefficient (Wildman–Crippen LogP) is 2.76. The van der Waals surface area contributed by atoms with Crippen LogP contribution in [0.2, 0.25) is 0 Å². The lowest BCUT2D eigenvalue weighted by Gasteiger charge is -2.33. The summed E-state index contributed by atoms with van der Waals surface area (Å²) in [4.78, 5) is 27.7. The standard InChI is InChI=1S/C21H20N6O2/c1-26-19(28)11-17(16-8-9-22-13-23-16)24-21(26)27-10-4-5-14(12-27)20-15-6-2-3-7-18(15)29-25-20/h2-3,6-9,11,13-14H,4-5,10,12H2,1H3/t14-/m0/s1. The molecule has 0 spiro atoms. The van der Waals surface area contributed by atoms with E-state index in [-0.39, 0.29) is 11.5 Å². The van der Waals surface area contributed by atoms with Crippen molar-refractivity contribution in [2.24, 2.45) is 7.05 Å². The third-order valence-corrected chi connectivity index (χ3v) is 5.45. The number of aromatic nitrogens is 5. The molecule has 1 atom stereocenters. The summed E-state index contributed by atoms with van der Waals surface area (Å²) >= 11 is 0. The van der Waals surface area contributed by atoms with Crippen LogP contribution in [0.3, 0.4) is 0 Å². The van der Waals surface area contributed by atoms with E-state index in [1.165, 1.54) is 12.4 Å². The smallest absolute Gasteiger partial charge is 0.255 e. The van der Waals surface area contributed by atoms with E-state index in [9.17, 15) is 4.79 Å². The molecule has 0 bridgehead atoms. The third-order valence-electron chi connectivity index (χ3n) is 5.45. The number of fused-ring (bicyclic) bond motifs is 1. The fourth-order valence-electron chi connectivity index (χ4n) is 3.97. The molecule has 1 fully saturated rings. The molecule has 0 aliphatic carbocycles. The van der Waals surface area contributed by atoms with E-state index >= 15 is 0 Å². The Labute approximate surface area is 166 Å². The zero-order valence-corrected chi connectivity index (χ0v) is 16.0. The van der Waals surface area contributed by atoms with Gasteiger partial charge >= 0.3 is 0 Å². The number of hydrogen-bond donors (Lipinski definition) is 0. The number of hydrogen-bond acceptors (Lipinski definition) is 7. The van der Waals surface area contributed by atoms with Crippen molar-refractivity contribution in [3.63, 3.8) is 0 Å². The van der Waals surface area contributed by atoms with E-state index in [2.05, 4.69) is 20.0 Å². The Balaban J connectivity index is 1.51. The molecule has 29 heavy (non-hydrogen) atoms. The first-order valence-corrected chi connectivity index (χ1v) is 9.64. The quantitative estimate of drug-likeness (QED) is 0.533. The van der Waals surface area contributed by atoms with E-state index < -0.39 is 0 Å². The monoisotopic (exact) mass is 388 g/mol. The van der Waals surface area contributed by atoms with Gasteiger partial charge in [-0.3, -0.25) is 9.36 Å². The third kappa shape index (κ3) is 3.16. The average Bonchev–Trinajstić information content (AvgIpc) is 3.20. The molecule has 0 N–H and O–H groups in total. The first-order chi connectivity index (χ1) is 14.2. The van der Waals surface area contributed by atoms with Crippen molar-refractivity contribution in [1.82, 2.24) is 24.7 Å². The lowest BCUT2D eigenvalue weighted by molar-refractivity contribution is 0.417. The Hall–Kier alpha value is -3.55. The van der Waals surface area contributed by atoms with Crippen molar-refractivity contribution in [3.05, 3.63) is 65.0 Å². The Kier molecular flexibility index (Phi) is 4.31. The van der Waals surface area contributed by atoms with Gasteiger partial charge in [-0.15, -0.1) is 0 Å². The molecule has 1 saturated heterocycles. The fourth-order valence-corrected chi connectivity index (χ4v) is 3.97. The summed E-state index contributed by atoms with van der Waals surface area (Å²) in [6, 6.07) is 11.2. The van der Waals surface area contributed by atoms with Gasteiger partial charge in [-0.2, -0.15) is 0 Å². The molecule has 0 unspecified atom stereocenters. The summed E-state index contributed by atoms with van der Waals surface area (Å²) in [5.74, 6) is 0.857. The van der Waals surface area contributed by atoms with Gasteiger partial charge in [0, 0.05) is 43.7 Å². The second-order valence-electron chi connectivity index (χ2n) is 7.28. The van der Waals surface area contributed by atoms with Crippen LogP contribution >= 0.6 is 0 Å². The Morgan fingerprint density at radius 1 is 1.17 bits per heavy atom. The highest BCUT2D eigenvalue weighted by molar-refractivity contribution is 5.79. The van der Waals surface area contributed by atoms with E-state index in [1.54, 1.807) is 23.9 Å². The van der Waals surface area contributed by atoms with Gasteiger partial charge in [0.25, 0.3) is 5.56 Å². The van der Waals surface area contributed by atoms with E-state index in [0.717, 1.165) is 42.6 Å². The second-order valence-corrected chi connectivity index (χ2v) is 7.28. The van der Waals surface area contributed by atoms with Gasteiger partial charge in [-0.25, -0.2) is 15.0 Å². The van der Waals surface area contributed by atoms with Gasteiger partial charge in [-0.05, 0) is 31.0 Å². The fraction of sp³-hybridized carbons (Fsp3) is 0.286. The van der Waals surface area contributed by atoms with Gasteiger partial charge < -0.3 is 9.42 Å². The maximum absolute atomic E-state index is 12.6. The largest absolute Gasteiger partial charge is 0.356 e. The van der Waals surface area contributed by atoms with Crippen LogP contribution in [0.25, 0.3) is 22.4 Å².